The van der Waals surface area contributed by atoms with Crippen LogP contribution >= 0.6 is 0 Å². The molecule has 0 aromatic carbocycles. The molecule has 19 heavy (non-hydrogen) atoms. The summed E-state index contributed by atoms with van der Waals surface area (Å²) in [6.45, 7) is 2.16. The van der Waals surface area contributed by atoms with Crippen molar-refractivity contribution in [1.29, 1.82) is 0 Å². The number of carbonyl (C=O) groups is 2. The van der Waals surface area contributed by atoms with Crippen LogP contribution < -0.4 is 0 Å². The summed E-state index contributed by atoms with van der Waals surface area (Å²) in [5.74, 6) is -0.339. The standard InChI is InChI=1S/C15H21NO3/c1-11(17)13-9-14(15(18)19)16(10-13)8-7-12-5-3-2-4-6-12/h9-10,12H,2-8H2,1H3,(H,18,19). The van der Waals surface area contributed by atoms with Crippen LogP contribution in [0.15, 0.2) is 12.3 Å². The van der Waals surface area contributed by atoms with E-state index in [0.717, 1.165) is 6.42 Å². The highest BCUT2D eigenvalue weighted by atomic mass is 16.4. The first kappa shape index (κ1) is 13.8. The van der Waals surface area contributed by atoms with Crippen LogP contribution in [0.25, 0.3) is 0 Å². The number of carboxylic acid groups (broad SMARTS) is 1. The van der Waals surface area contributed by atoms with Crippen LogP contribution in [0.3, 0.4) is 0 Å². The van der Waals surface area contributed by atoms with Gasteiger partial charge >= 0.3 is 5.97 Å². The molecule has 1 N–H and O–H groups in total. The molecule has 104 valence electrons. The predicted octanol–water partition coefficient (Wildman–Crippen LogP) is 3.36. The van der Waals surface area contributed by atoms with Crippen molar-refractivity contribution < 1.29 is 14.7 Å². The molecule has 2 rings (SSSR count). The van der Waals surface area contributed by atoms with Crippen LogP contribution in [0.2, 0.25) is 0 Å². The topological polar surface area (TPSA) is 59.3 Å². The lowest BCUT2D eigenvalue weighted by Crippen LogP contribution is -2.13. The second kappa shape index (κ2) is 6.04. The van der Waals surface area contributed by atoms with Crippen molar-refractivity contribution in [3.8, 4) is 0 Å². The molecule has 0 radical (unpaired) electrons. The maximum absolute atomic E-state index is 11.3. The molecule has 0 saturated heterocycles. The molecule has 0 bridgehead atoms. The molecule has 0 spiro atoms. The molecule has 0 aliphatic heterocycles. The van der Waals surface area contributed by atoms with Gasteiger partial charge in [0.1, 0.15) is 5.69 Å². The third kappa shape index (κ3) is 3.46. The van der Waals surface area contributed by atoms with Crippen molar-refractivity contribution in [1.82, 2.24) is 4.57 Å². The highest BCUT2D eigenvalue weighted by Crippen LogP contribution is 2.27. The number of Topliss-reactive ketones (excluding diaryl/α,β-unsaturated/α-hetero) is 1. The van der Waals surface area contributed by atoms with E-state index < -0.39 is 5.97 Å². The largest absolute Gasteiger partial charge is 0.477 e. The molecule has 1 aliphatic rings. The number of ketones is 1. The minimum atomic E-state index is -0.962. The van der Waals surface area contributed by atoms with Crippen LogP contribution in [-0.4, -0.2) is 21.4 Å². The second-order valence-corrected chi connectivity index (χ2v) is 5.46. The molecular formula is C15H21NO3. The highest BCUT2D eigenvalue weighted by molar-refractivity contribution is 5.97. The van der Waals surface area contributed by atoms with Crippen LogP contribution in [0, 0.1) is 5.92 Å². The molecule has 1 aliphatic carbocycles. The summed E-state index contributed by atoms with van der Waals surface area (Å²) in [7, 11) is 0. The maximum Gasteiger partial charge on any atom is 0.352 e. The lowest BCUT2D eigenvalue weighted by molar-refractivity contribution is 0.0684. The summed E-state index contributed by atoms with van der Waals surface area (Å²) in [6, 6.07) is 1.48. The average molecular weight is 263 g/mol. The molecule has 4 nitrogen and oxygen atoms in total. The number of aromatic carboxylic acids is 1. The first-order valence-corrected chi connectivity index (χ1v) is 7.02. The van der Waals surface area contributed by atoms with E-state index in [4.69, 9.17) is 5.11 Å². The smallest absolute Gasteiger partial charge is 0.352 e. The zero-order valence-electron chi connectivity index (χ0n) is 11.4. The molecule has 1 aromatic heterocycles. The Bertz CT molecular complexity index is 470. The van der Waals surface area contributed by atoms with Crippen molar-refractivity contribution in [3.63, 3.8) is 0 Å². The molecular weight excluding hydrogens is 242 g/mol. The van der Waals surface area contributed by atoms with Gasteiger partial charge in [-0.15, -0.1) is 0 Å². The van der Waals surface area contributed by atoms with Gasteiger partial charge in [-0.1, -0.05) is 32.1 Å². The summed E-state index contributed by atoms with van der Waals surface area (Å²) >= 11 is 0. The zero-order chi connectivity index (χ0) is 13.8. The molecule has 1 fully saturated rings. The van der Waals surface area contributed by atoms with E-state index >= 15 is 0 Å². The summed E-state index contributed by atoms with van der Waals surface area (Å²) in [4.78, 5) is 22.5. The predicted molar refractivity (Wildman–Crippen MR) is 72.6 cm³/mol. The second-order valence-electron chi connectivity index (χ2n) is 5.46. The van der Waals surface area contributed by atoms with Crippen LogP contribution in [0.4, 0.5) is 0 Å². The Balaban J connectivity index is 2.05. The van der Waals surface area contributed by atoms with Crippen molar-refractivity contribution in [2.24, 2.45) is 5.92 Å². The number of carboxylic acids is 1. The molecule has 1 aromatic rings. The number of carbonyl (C=O) groups excluding carboxylic acids is 1. The fourth-order valence-corrected chi connectivity index (χ4v) is 2.86. The van der Waals surface area contributed by atoms with Crippen LogP contribution in [-0.2, 0) is 6.54 Å². The van der Waals surface area contributed by atoms with Crippen molar-refractivity contribution >= 4 is 11.8 Å². The highest BCUT2D eigenvalue weighted by Gasteiger charge is 2.17. The number of hydrogen-bond donors (Lipinski definition) is 1. The molecule has 1 heterocycles. The Hall–Kier alpha value is -1.58. The Labute approximate surface area is 113 Å². The molecule has 0 unspecified atom stereocenters. The number of hydrogen-bond acceptors (Lipinski definition) is 2. The van der Waals surface area contributed by atoms with Gasteiger partial charge in [-0.2, -0.15) is 0 Å². The Morgan fingerprint density at radius 1 is 1.32 bits per heavy atom. The maximum atomic E-state index is 11.3. The van der Waals surface area contributed by atoms with E-state index in [-0.39, 0.29) is 11.5 Å². The van der Waals surface area contributed by atoms with Gasteiger partial charge in [0.2, 0.25) is 0 Å². The van der Waals surface area contributed by atoms with Crippen LogP contribution in [0.1, 0.15) is 66.3 Å². The van der Waals surface area contributed by atoms with Crippen molar-refractivity contribution in [3.05, 3.63) is 23.5 Å². The summed E-state index contributed by atoms with van der Waals surface area (Å²) in [5.41, 5.74) is 0.710. The molecule has 0 atom stereocenters. The van der Waals surface area contributed by atoms with E-state index in [1.807, 2.05) is 0 Å². The fourth-order valence-electron chi connectivity index (χ4n) is 2.86. The van der Waals surface area contributed by atoms with E-state index in [2.05, 4.69) is 0 Å². The van der Waals surface area contributed by atoms with E-state index in [1.165, 1.54) is 45.1 Å². The SMILES string of the molecule is CC(=O)c1cc(C(=O)O)n(CCC2CCCCC2)c1. The third-order valence-electron chi connectivity index (χ3n) is 4.03. The zero-order valence-corrected chi connectivity index (χ0v) is 11.4. The Kier molecular flexibility index (Phi) is 4.40. The Morgan fingerprint density at radius 3 is 2.58 bits per heavy atom. The molecule has 0 amide bonds. The first-order valence-electron chi connectivity index (χ1n) is 7.02. The van der Waals surface area contributed by atoms with Gasteiger partial charge in [-0.05, 0) is 25.3 Å². The summed E-state index contributed by atoms with van der Waals surface area (Å²) in [6.07, 6.45) is 9.10. The van der Waals surface area contributed by atoms with Gasteiger partial charge in [0.05, 0.1) is 0 Å². The Morgan fingerprint density at radius 2 is 2.00 bits per heavy atom. The number of aryl methyl sites for hydroxylation is 1. The normalized spacial score (nSPS) is 16.5. The average Bonchev–Trinajstić information content (AvgIpc) is 2.82. The van der Waals surface area contributed by atoms with Gasteiger partial charge in [-0.3, -0.25) is 4.79 Å². The van der Waals surface area contributed by atoms with Gasteiger partial charge in [0.15, 0.2) is 5.78 Å². The number of aromatic nitrogens is 1. The van der Waals surface area contributed by atoms with Gasteiger partial charge in [0.25, 0.3) is 0 Å². The van der Waals surface area contributed by atoms with Gasteiger partial charge in [-0.25, -0.2) is 4.79 Å². The third-order valence-corrected chi connectivity index (χ3v) is 4.03. The lowest BCUT2D eigenvalue weighted by atomic mass is 9.87. The first-order chi connectivity index (χ1) is 9.08. The number of rotatable bonds is 5. The van der Waals surface area contributed by atoms with Gasteiger partial charge < -0.3 is 9.67 Å². The monoisotopic (exact) mass is 263 g/mol. The van der Waals surface area contributed by atoms with E-state index in [0.29, 0.717) is 18.0 Å². The number of nitrogens with zero attached hydrogens (tertiary/aromatic N) is 1. The van der Waals surface area contributed by atoms with Gasteiger partial charge in [0, 0.05) is 18.3 Å². The van der Waals surface area contributed by atoms with E-state index in [1.54, 1.807) is 10.8 Å². The molecule has 4 heteroatoms. The quantitative estimate of drug-likeness (QED) is 0.829. The molecule has 1 saturated carbocycles. The minimum Gasteiger partial charge on any atom is -0.477 e. The van der Waals surface area contributed by atoms with Crippen molar-refractivity contribution in [2.45, 2.75) is 52.0 Å². The minimum absolute atomic E-state index is 0.0843. The summed E-state index contributed by atoms with van der Waals surface area (Å²) in [5, 5.41) is 9.17. The fraction of sp³-hybridized carbons (Fsp3) is 0.600. The van der Waals surface area contributed by atoms with Crippen molar-refractivity contribution in [2.75, 3.05) is 0 Å². The van der Waals surface area contributed by atoms with Crippen LogP contribution in [0.5, 0.6) is 0 Å². The summed E-state index contributed by atoms with van der Waals surface area (Å²) < 4.78 is 1.72. The lowest BCUT2D eigenvalue weighted by Gasteiger charge is -2.21. The van der Waals surface area contributed by atoms with E-state index in [9.17, 15) is 9.59 Å².